The monoisotopic (exact) mass is 129 g/mol. The molecule has 1 rings (SSSR count). The first-order valence-electron chi connectivity index (χ1n) is 2.87. The third-order valence-corrected chi connectivity index (χ3v) is 1.35. The molecule has 9 heavy (non-hydrogen) atoms. The number of quaternary nitrogens is 1. The molecule has 2 amide bonds. The van der Waals surface area contributed by atoms with Crippen LogP contribution in [-0.4, -0.2) is 17.9 Å². The summed E-state index contributed by atoms with van der Waals surface area (Å²) in [4.78, 5) is 21.1. The van der Waals surface area contributed by atoms with E-state index in [1.807, 2.05) is 0 Å². The average Bonchev–Trinajstić information content (AvgIpc) is 1.80. The Kier molecular flexibility index (Phi) is 1.48. The maximum absolute atomic E-state index is 10.6. The fourth-order valence-corrected chi connectivity index (χ4v) is 0.738. The Labute approximate surface area is 52.4 Å². The van der Waals surface area contributed by atoms with Gasteiger partial charge in [0.15, 0.2) is 6.04 Å². The number of imide groups is 1. The molecule has 1 atom stereocenters. The van der Waals surface area contributed by atoms with Gasteiger partial charge >= 0.3 is 0 Å². The Hall–Kier alpha value is -0.900. The Morgan fingerprint density at radius 1 is 1.56 bits per heavy atom. The number of hydrogen-bond donors (Lipinski definition) is 2. The van der Waals surface area contributed by atoms with Crippen LogP contribution in [0.1, 0.15) is 12.8 Å². The van der Waals surface area contributed by atoms with Crippen LogP contribution in [0, 0.1) is 0 Å². The fourth-order valence-electron chi connectivity index (χ4n) is 0.738. The first-order chi connectivity index (χ1) is 4.20. The molecule has 4 nitrogen and oxygen atoms in total. The maximum atomic E-state index is 10.6. The summed E-state index contributed by atoms with van der Waals surface area (Å²) in [5.41, 5.74) is 3.55. The van der Waals surface area contributed by atoms with E-state index in [4.69, 9.17) is 0 Å². The van der Waals surface area contributed by atoms with Crippen molar-refractivity contribution in [3.63, 3.8) is 0 Å². The first-order valence-corrected chi connectivity index (χ1v) is 2.87. The van der Waals surface area contributed by atoms with Crippen LogP contribution in [0.3, 0.4) is 0 Å². The lowest BCUT2D eigenvalue weighted by atomic mass is 10.1. The minimum atomic E-state index is -0.244. The van der Waals surface area contributed by atoms with Gasteiger partial charge < -0.3 is 5.73 Å². The Balaban J connectivity index is 2.54. The van der Waals surface area contributed by atoms with E-state index < -0.39 is 0 Å². The molecule has 4 N–H and O–H groups in total. The summed E-state index contributed by atoms with van der Waals surface area (Å²) in [5, 5.41) is 2.19. The van der Waals surface area contributed by atoms with Gasteiger partial charge in [-0.3, -0.25) is 14.9 Å². The van der Waals surface area contributed by atoms with Gasteiger partial charge in [-0.25, -0.2) is 0 Å². The molecule has 0 aromatic rings. The number of piperidine rings is 1. The van der Waals surface area contributed by atoms with Gasteiger partial charge in [-0.2, -0.15) is 0 Å². The predicted molar refractivity (Wildman–Crippen MR) is 29.1 cm³/mol. The lowest BCUT2D eigenvalue weighted by Crippen LogP contribution is -2.69. The molecule has 0 saturated carbocycles. The lowest BCUT2D eigenvalue weighted by Gasteiger charge is -2.12. The molecule has 0 radical (unpaired) electrons. The van der Waals surface area contributed by atoms with Crippen molar-refractivity contribution >= 4 is 11.8 Å². The number of carbonyl (C=O) groups excluding carboxylic acids is 2. The zero-order chi connectivity index (χ0) is 6.85. The Morgan fingerprint density at radius 3 is 2.67 bits per heavy atom. The van der Waals surface area contributed by atoms with E-state index in [9.17, 15) is 9.59 Å². The number of carbonyl (C=O) groups is 2. The molecule has 1 aliphatic heterocycles. The maximum Gasteiger partial charge on any atom is 0.284 e. The molecular weight excluding hydrogens is 120 g/mol. The highest BCUT2D eigenvalue weighted by atomic mass is 16.2. The van der Waals surface area contributed by atoms with Gasteiger partial charge in [0.1, 0.15) is 0 Å². The summed E-state index contributed by atoms with van der Waals surface area (Å²) in [6.07, 6.45) is 1.02. The van der Waals surface area contributed by atoms with Crippen molar-refractivity contribution in [1.82, 2.24) is 5.32 Å². The van der Waals surface area contributed by atoms with Crippen molar-refractivity contribution in [3.05, 3.63) is 0 Å². The molecule has 0 aromatic carbocycles. The lowest BCUT2D eigenvalue weighted by molar-refractivity contribution is -0.405. The molecule has 0 unspecified atom stereocenters. The van der Waals surface area contributed by atoms with E-state index in [0.29, 0.717) is 12.8 Å². The van der Waals surface area contributed by atoms with Crippen LogP contribution in [0.4, 0.5) is 0 Å². The second-order valence-corrected chi connectivity index (χ2v) is 2.15. The molecular formula is C5H9N2O2+. The van der Waals surface area contributed by atoms with Crippen molar-refractivity contribution in [2.24, 2.45) is 0 Å². The van der Waals surface area contributed by atoms with Crippen LogP contribution in [-0.2, 0) is 9.59 Å². The molecule has 0 bridgehead atoms. The van der Waals surface area contributed by atoms with Crippen LogP contribution in [0.5, 0.6) is 0 Å². The van der Waals surface area contributed by atoms with Gasteiger partial charge in [0, 0.05) is 12.8 Å². The quantitative estimate of drug-likeness (QED) is 0.372. The van der Waals surface area contributed by atoms with E-state index >= 15 is 0 Å². The highest BCUT2D eigenvalue weighted by Crippen LogP contribution is 1.98. The summed E-state index contributed by atoms with van der Waals surface area (Å²) in [6.45, 7) is 0. The minimum absolute atomic E-state index is 0.181. The summed E-state index contributed by atoms with van der Waals surface area (Å²) in [7, 11) is 0. The van der Waals surface area contributed by atoms with Gasteiger partial charge in [-0.15, -0.1) is 0 Å². The highest BCUT2D eigenvalue weighted by Gasteiger charge is 2.25. The van der Waals surface area contributed by atoms with Gasteiger partial charge in [-0.1, -0.05) is 0 Å². The van der Waals surface area contributed by atoms with Crippen molar-refractivity contribution in [3.8, 4) is 0 Å². The first kappa shape index (κ1) is 6.22. The summed E-state index contributed by atoms with van der Waals surface area (Å²) < 4.78 is 0. The van der Waals surface area contributed by atoms with Crippen LogP contribution >= 0.6 is 0 Å². The van der Waals surface area contributed by atoms with E-state index in [1.54, 1.807) is 0 Å². The van der Waals surface area contributed by atoms with E-state index in [0.717, 1.165) is 0 Å². The van der Waals surface area contributed by atoms with Gasteiger partial charge in [-0.05, 0) is 0 Å². The Bertz CT molecular complexity index is 155. The number of amides is 2. The molecule has 1 saturated heterocycles. The van der Waals surface area contributed by atoms with Gasteiger partial charge in [0.05, 0.1) is 0 Å². The zero-order valence-corrected chi connectivity index (χ0v) is 5.02. The van der Waals surface area contributed by atoms with Gasteiger partial charge in [0.2, 0.25) is 5.91 Å². The van der Waals surface area contributed by atoms with Gasteiger partial charge in [0.25, 0.3) is 5.91 Å². The third kappa shape index (κ3) is 1.26. The SMILES string of the molecule is [NH3+][C@H]1CCC(=O)NC1=O. The number of hydrogen-bond acceptors (Lipinski definition) is 2. The average molecular weight is 129 g/mol. The number of rotatable bonds is 0. The van der Waals surface area contributed by atoms with Crippen molar-refractivity contribution in [2.45, 2.75) is 18.9 Å². The largest absolute Gasteiger partial charge is 0.347 e. The van der Waals surface area contributed by atoms with Crippen LogP contribution in [0.25, 0.3) is 0 Å². The van der Waals surface area contributed by atoms with E-state index in [1.165, 1.54) is 0 Å². The summed E-state index contributed by atoms with van der Waals surface area (Å²) in [5.74, 6) is -0.425. The van der Waals surface area contributed by atoms with Crippen molar-refractivity contribution < 1.29 is 15.3 Å². The highest BCUT2D eigenvalue weighted by molar-refractivity contribution is 5.99. The minimum Gasteiger partial charge on any atom is -0.347 e. The van der Waals surface area contributed by atoms with Crippen LogP contribution < -0.4 is 11.1 Å². The predicted octanol–water partition coefficient (Wildman–Crippen LogP) is -1.97. The standard InChI is InChI=1S/C5H8N2O2/c6-3-1-2-4(8)7-5(3)9/h3H,1-2,6H2,(H,7,8,9)/p+1/t3-/m0/s1. The molecule has 0 spiro atoms. The molecule has 1 aliphatic rings. The topological polar surface area (TPSA) is 73.8 Å². The second-order valence-electron chi connectivity index (χ2n) is 2.15. The van der Waals surface area contributed by atoms with Crippen LogP contribution in [0.2, 0.25) is 0 Å². The Morgan fingerprint density at radius 2 is 2.22 bits per heavy atom. The molecule has 1 heterocycles. The number of nitrogens with one attached hydrogen (secondary N) is 1. The molecule has 1 fully saturated rings. The van der Waals surface area contributed by atoms with Crippen LogP contribution in [0.15, 0.2) is 0 Å². The molecule has 50 valence electrons. The normalized spacial score (nSPS) is 27.9. The molecule has 4 heteroatoms. The molecule has 0 aliphatic carbocycles. The smallest absolute Gasteiger partial charge is 0.284 e. The van der Waals surface area contributed by atoms with E-state index in [-0.39, 0.29) is 17.9 Å². The fraction of sp³-hybridized carbons (Fsp3) is 0.600. The molecule has 0 aromatic heterocycles. The van der Waals surface area contributed by atoms with Crippen molar-refractivity contribution in [1.29, 1.82) is 0 Å². The summed E-state index contributed by atoms with van der Waals surface area (Å²) >= 11 is 0. The zero-order valence-electron chi connectivity index (χ0n) is 5.02. The van der Waals surface area contributed by atoms with E-state index in [2.05, 4.69) is 11.1 Å². The second kappa shape index (κ2) is 2.14. The van der Waals surface area contributed by atoms with Crippen molar-refractivity contribution in [2.75, 3.05) is 0 Å². The summed E-state index contributed by atoms with van der Waals surface area (Å²) in [6, 6.07) is -0.234. The third-order valence-electron chi connectivity index (χ3n) is 1.35.